The first-order valence-electron chi connectivity index (χ1n) is 7.86. The molecule has 2 aromatic rings. The minimum Gasteiger partial charge on any atom is -0.493 e. The summed E-state index contributed by atoms with van der Waals surface area (Å²) < 4.78 is 10.9. The van der Waals surface area contributed by atoms with E-state index in [1.807, 2.05) is 54.6 Å². The van der Waals surface area contributed by atoms with E-state index < -0.39 is 18.0 Å². The lowest BCUT2D eigenvalue weighted by Crippen LogP contribution is -2.88. The number of carbonyl (C=O) groups excluding carboxylic acids is 2. The molecule has 0 aliphatic carbocycles. The number of methoxy groups -OCH3 is 1. The third-order valence-corrected chi connectivity index (χ3v) is 3.53. The summed E-state index contributed by atoms with van der Waals surface area (Å²) in [6, 6.07) is 15.0. The van der Waals surface area contributed by atoms with E-state index in [0.717, 1.165) is 5.56 Å². The largest absolute Gasteiger partial charge is 0.493 e. The van der Waals surface area contributed by atoms with Crippen molar-refractivity contribution < 1.29 is 24.4 Å². The molecule has 0 radical (unpaired) electrons. The standard InChI is InChI=1S/C18H21N3O4/c1-24-14-9-5-6-10-15(14)25-12-11-20-16(17(22)21-18(19)23)13-7-3-2-4-8-13/h2-10,16,20H,11-12H2,1H3,(H3,19,21,22,23)/p+1/t16-/m1/s1. The van der Waals surface area contributed by atoms with Crippen molar-refractivity contribution in [3.63, 3.8) is 0 Å². The number of benzene rings is 2. The van der Waals surface area contributed by atoms with Crippen LogP contribution in [0.15, 0.2) is 54.6 Å². The molecule has 0 fully saturated rings. The molecule has 0 heterocycles. The zero-order chi connectivity index (χ0) is 18.1. The Morgan fingerprint density at radius 3 is 2.36 bits per heavy atom. The van der Waals surface area contributed by atoms with Gasteiger partial charge in [0.25, 0.3) is 5.91 Å². The minimum absolute atomic E-state index is 0.369. The minimum atomic E-state index is -0.871. The van der Waals surface area contributed by atoms with E-state index >= 15 is 0 Å². The van der Waals surface area contributed by atoms with Crippen molar-refractivity contribution in [2.24, 2.45) is 5.73 Å². The fourth-order valence-electron chi connectivity index (χ4n) is 2.40. The Morgan fingerprint density at radius 1 is 1.08 bits per heavy atom. The van der Waals surface area contributed by atoms with Crippen LogP contribution in [-0.4, -0.2) is 32.2 Å². The molecule has 0 saturated heterocycles. The molecule has 0 unspecified atom stereocenters. The van der Waals surface area contributed by atoms with Gasteiger partial charge in [-0.05, 0) is 12.1 Å². The van der Waals surface area contributed by atoms with Crippen molar-refractivity contribution >= 4 is 11.9 Å². The van der Waals surface area contributed by atoms with Gasteiger partial charge in [-0.25, -0.2) is 4.79 Å². The third kappa shape index (κ3) is 5.50. The first-order chi connectivity index (χ1) is 12.1. The van der Waals surface area contributed by atoms with Gasteiger partial charge < -0.3 is 20.5 Å². The Labute approximate surface area is 146 Å². The highest BCUT2D eigenvalue weighted by Crippen LogP contribution is 2.25. The van der Waals surface area contributed by atoms with Gasteiger partial charge >= 0.3 is 6.03 Å². The Balaban J connectivity index is 1.95. The van der Waals surface area contributed by atoms with E-state index in [-0.39, 0.29) is 0 Å². The molecule has 0 saturated carbocycles. The molecular weight excluding hydrogens is 322 g/mol. The number of hydrogen-bond donors (Lipinski definition) is 3. The van der Waals surface area contributed by atoms with Crippen molar-refractivity contribution in [2.45, 2.75) is 6.04 Å². The number of primary amides is 1. The number of hydrogen-bond acceptors (Lipinski definition) is 4. The van der Waals surface area contributed by atoms with Crippen molar-refractivity contribution in [3.8, 4) is 11.5 Å². The molecule has 0 aromatic heterocycles. The number of urea groups is 1. The number of para-hydroxylation sites is 2. The quantitative estimate of drug-likeness (QED) is 0.609. The van der Waals surface area contributed by atoms with E-state index in [0.29, 0.717) is 24.7 Å². The van der Waals surface area contributed by atoms with E-state index in [4.69, 9.17) is 15.2 Å². The van der Waals surface area contributed by atoms with Crippen molar-refractivity contribution in [1.29, 1.82) is 0 Å². The van der Waals surface area contributed by atoms with E-state index in [1.54, 1.807) is 12.4 Å². The Hall–Kier alpha value is -3.06. The molecule has 2 rings (SSSR count). The molecule has 7 nitrogen and oxygen atoms in total. The van der Waals surface area contributed by atoms with Gasteiger partial charge in [0.15, 0.2) is 17.5 Å². The summed E-state index contributed by atoms with van der Waals surface area (Å²) in [5.41, 5.74) is 5.83. The van der Waals surface area contributed by atoms with Crippen LogP contribution in [0.25, 0.3) is 0 Å². The zero-order valence-electron chi connectivity index (χ0n) is 14.0. The molecule has 3 amide bonds. The normalized spacial score (nSPS) is 11.4. The summed E-state index contributed by atoms with van der Waals surface area (Å²) in [6.07, 6.45) is 0. The summed E-state index contributed by atoms with van der Waals surface area (Å²) in [6.45, 7) is 0.872. The van der Waals surface area contributed by atoms with E-state index in [1.165, 1.54) is 0 Å². The van der Waals surface area contributed by atoms with Crippen LogP contribution in [0.3, 0.4) is 0 Å². The maximum absolute atomic E-state index is 12.2. The molecule has 25 heavy (non-hydrogen) atoms. The molecule has 5 N–H and O–H groups in total. The highest BCUT2D eigenvalue weighted by molar-refractivity contribution is 5.96. The van der Waals surface area contributed by atoms with Crippen LogP contribution < -0.4 is 25.8 Å². The number of nitrogens with one attached hydrogen (secondary N) is 1. The maximum Gasteiger partial charge on any atom is 0.319 e. The van der Waals surface area contributed by atoms with Gasteiger partial charge in [-0.15, -0.1) is 0 Å². The van der Waals surface area contributed by atoms with Crippen molar-refractivity contribution in [3.05, 3.63) is 60.2 Å². The van der Waals surface area contributed by atoms with Crippen LogP contribution >= 0.6 is 0 Å². The summed E-state index contributed by atoms with van der Waals surface area (Å²) >= 11 is 0. The lowest BCUT2D eigenvalue weighted by atomic mass is 10.1. The average molecular weight is 344 g/mol. The molecule has 0 bridgehead atoms. The highest BCUT2D eigenvalue weighted by Gasteiger charge is 2.24. The molecule has 0 aliphatic heterocycles. The van der Waals surface area contributed by atoms with E-state index in [2.05, 4.69) is 5.32 Å². The SMILES string of the molecule is COc1ccccc1OCC[NH2+][C@@H](C(=O)NC(N)=O)c1ccccc1. The number of ether oxygens (including phenoxy) is 2. The van der Waals surface area contributed by atoms with Crippen LogP contribution in [-0.2, 0) is 4.79 Å². The number of nitrogens with two attached hydrogens (primary N) is 2. The van der Waals surface area contributed by atoms with Crippen LogP contribution in [0.1, 0.15) is 11.6 Å². The molecule has 7 heteroatoms. The van der Waals surface area contributed by atoms with Gasteiger partial charge in [0.2, 0.25) is 0 Å². The predicted octanol–water partition coefficient (Wildman–Crippen LogP) is 0.574. The first kappa shape index (κ1) is 18.3. The third-order valence-electron chi connectivity index (χ3n) is 3.53. The lowest BCUT2D eigenvalue weighted by molar-refractivity contribution is -0.683. The molecule has 132 valence electrons. The van der Waals surface area contributed by atoms with Gasteiger partial charge in [0.1, 0.15) is 13.2 Å². The molecule has 0 spiro atoms. The predicted molar refractivity (Wildman–Crippen MR) is 92.2 cm³/mol. The molecule has 2 aromatic carbocycles. The summed E-state index contributed by atoms with van der Waals surface area (Å²) in [5, 5.41) is 3.92. The van der Waals surface area contributed by atoms with Crippen LogP contribution in [0.2, 0.25) is 0 Å². The van der Waals surface area contributed by atoms with E-state index in [9.17, 15) is 9.59 Å². The first-order valence-corrected chi connectivity index (χ1v) is 7.86. The average Bonchev–Trinajstić information content (AvgIpc) is 2.62. The summed E-state index contributed by atoms with van der Waals surface area (Å²) in [5.74, 6) is 0.820. The topological polar surface area (TPSA) is 107 Å². The van der Waals surface area contributed by atoms with Gasteiger partial charge in [0, 0.05) is 5.56 Å². The van der Waals surface area contributed by atoms with Crippen LogP contribution in [0.4, 0.5) is 4.79 Å². The fraction of sp³-hybridized carbons (Fsp3) is 0.222. The number of quaternary nitrogens is 1. The number of amides is 3. The fourth-order valence-corrected chi connectivity index (χ4v) is 2.40. The number of imide groups is 1. The van der Waals surface area contributed by atoms with Gasteiger partial charge in [-0.2, -0.15) is 0 Å². The zero-order valence-corrected chi connectivity index (χ0v) is 14.0. The van der Waals surface area contributed by atoms with Crippen molar-refractivity contribution in [1.82, 2.24) is 5.32 Å². The highest BCUT2D eigenvalue weighted by atomic mass is 16.5. The van der Waals surface area contributed by atoms with Crippen LogP contribution in [0.5, 0.6) is 11.5 Å². The smallest absolute Gasteiger partial charge is 0.319 e. The van der Waals surface area contributed by atoms with Gasteiger partial charge in [-0.3, -0.25) is 10.1 Å². The second kappa shape index (κ2) is 9.29. The summed E-state index contributed by atoms with van der Waals surface area (Å²) in [4.78, 5) is 23.2. The van der Waals surface area contributed by atoms with Gasteiger partial charge in [-0.1, -0.05) is 42.5 Å². The molecule has 1 atom stereocenters. The van der Waals surface area contributed by atoms with Gasteiger partial charge in [0.05, 0.1) is 7.11 Å². The Morgan fingerprint density at radius 2 is 1.72 bits per heavy atom. The van der Waals surface area contributed by atoms with Crippen molar-refractivity contribution in [2.75, 3.05) is 20.3 Å². The molecule has 0 aliphatic rings. The number of carbonyl (C=O) groups is 2. The Kier molecular flexibility index (Phi) is 6.79. The Bertz CT molecular complexity index is 706. The number of rotatable bonds is 8. The monoisotopic (exact) mass is 344 g/mol. The van der Waals surface area contributed by atoms with Crippen LogP contribution in [0, 0.1) is 0 Å². The molecular formula is C18H22N3O4+. The lowest BCUT2D eigenvalue weighted by Gasteiger charge is -2.15. The maximum atomic E-state index is 12.2. The second-order valence-corrected chi connectivity index (χ2v) is 5.27. The second-order valence-electron chi connectivity index (χ2n) is 5.27. The summed E-state index contributed by atoms with van der Waals surface area (Å²) in [7, 11) is 1.58.